The lowest BCUT2D eigenvalue weighted by Crippen LogP contribution is -2.34. The summed E-state index contributed by atoms with van der Waals surface area (Å²) in [6.45, 7) is 4.14. The van der Waals surface area contributed by atoms with E-state index < -0.39 is 18.0 Å². The van der Waals surface area contributed by atoms with Gasteiger partial charge in [-0.3, -0.25) is 24.2 Å². The Morgan fingerprint density at radius 3 is 2.62 bits per heavy atom. The van der Waals surface area contributed by atoms with Crippen molar-refractivity contribution >= 4 is 17.7 Å². The molecule has 4 heterocycles. The molecule has 0 spiro atoms. The van der Waals surface area contributed by atoms with Crippen LogP contribution >= 0.6 is 0 Å². The normalized spacial score (nSPS) is 16.6. The van der Waals surface area contributed by atoms with E-state index in [0.717, 1.165) is 46.7 Å². The molecule has 2 amide bonds. The molecular weight excluding hydrogens is 503 g/mol. The highest BCUT2D eigenvalue weighted by Gasteiger charge is 2.34. The molecule has 0 unspecified atom stereocenters. The molecule has 2 N–H and O–H groups in total. The van der Waals surface area contributed by atoms with Gasteiger partial charge in [-0.25, -0.2) is 9.18 Å². The summed E-state index contributed by atoms with van der Waals surface area (Å²) >= 11 is 0. The van der Waals surface area contributed by atoms with Crippen LogP contribution in [0.25, 0.3) is 22.6 Å². The molecule has 11 nitrogen and oxygen atoms in total. The quantitative estimate of drug-likeness (QED) is 0.407. The number of anilines is 1. The average molecular weight is 533 g/mol. The van der Waals surface area contributed by atoms with Gasteiger partial charge in [-0.1, -0.05) is 0 Å². The van der Waals surface area contributed by atoms with E-state index in [-0.39, 0.29) is 19.0 Å². The van der Waals surface area contributed by atoms with E-state index in [2.05, 4.69) is 25.7 Å². The van der Waals surface area contributed by atoms with Gasteiger partial charge in [-0.15, -0.1) is 0 Å². The Morgan fingerprint density at radius 1 is 1.13 bits per heavy atom. The van der Waals surface area contributed by atoms with Crippen LogP contribution in [0.1, 0.15) is 39.4 Å². The minimum absolute atomic E-state index is 0.122. The number of rotatable bonds is 5. The van der Waals surface area contributed by atoms with Crippen molar-refractivity contribution in [2.75, 3.05) is 18.0 Å². The SMILES string of the molecule is Cc1cc(C(=O)NC[C@H]2CN(c3cc(F)c4c(c3)CCCc3c-4n[nH]c3-c3cc(C)n(C)n3)C(=O)O2)nn1C. The number of carbonyl (C=O) groups excluding carboxylic acids is 2. The summed E-state index contributed by atoms with van der Waals surface area (Å²) in [5, 5.41) is 19.1. The number of aromatic amines is 1. The highest BCUT2D eigenvalue weighted by atomic mass is 19.1. The zero-order chi connectivity index (χ0) is 27.4. The molecule has 1 aromatic carbocycles. The first kappa shape index (κ1) is 24.8. The molecule has 2 aliphatic rings. The highest BCUT2D eigenvalue weighted by Crippen LogP contribution is 2.39. The number of benzene rings is 1. The Labute approximate surface area is 223 Å². The molecular formula is C27H29FN8O3. The van der Waals surface area contributed by atoms with Gasteiger partial charge >= 0.3 is 6.09 Å². The number of hydrogen-bond donors (Lipinski definition) is 2. The van der Waals surface area contributed by atoms with E-state index in [1.807, 2.05) is 33.0 Å². The average Bonchev–Trinajstić information content (AvgIpc) is 3.62. The molecule has 1 aliphatic carbocycles. The first-order valence-corrected chi connectivity index (χ1v) is 12.9. The maximum absolute atomic E-state index is 15.7. The molecule has 0 radical (unpaired) electrons. The van der Waals surface area contributed by atoms with E-state index in [4.69, 9.17) is 4.74 Å². The van der Waals surface area contributed by atoms with Gasteiger partial charge in [0.05, 0.1) is 30.2 Å². The predicted octanol–water partition coefficient (Wildman–Crippen LogP) is 3.21. The number of halogens is 1. The van der Waals surface area contributed by atoms with Gasteiger partial charge in [-0.05, 0) is 62.9 Å². The van der Waals surface area contributed by atoms with Crippen LogP contribution in [-0.2, 0) is 31.7 Å². The van der Waals surface area contributed by atoms with E-state index >= 15 is 4.39 Å². The third kappa shape index (κ3) is 4.35. The van der Waals surface area contributed by atoms with E-state index in [0.29, 0.717) is 29.1 Å². The Hall–Kier alpha value is -4.48. The Bertz CT molecular complexity index is 1580. The third-order valence-corrected chi connectivity index (χ3v) is 7.53. The zero-order valence-corrected chi connectivity index (χ0v) is 22.2. The zero-order valence-electron chi connectivity index (χ0n) is 22.2. The number of nitrogens with zero attached hydrogens (tertiary/aromatic N) is 6. The third-order valence-electron chi connectivity index (χ3n) is 7.53. The molecule has 0 bridgehead atoms. The van der Waals surface area contributed by atoms with Gasteiger partial charge < -0.3 is 10.1 Å². The number of aromatic nitrogens is 6. The molecule has 1 saturated heterocycles. The van der Waals surface area contributed by atoms with Gasteiger partial charge in [0.2, 0.25) is 0 Å². The Morgan fingerprint density at radius 2 is 1.90 bits per heavy atom. The molecule has 6 rings (SSSR count). The van der Waals surface area contributed by atoms with Crippen molar-refractivity contribution < 1.29 is 18.7 Å². The van der Waals surface area contributed by atoms with E-state index in [1.54, 1.807) is 22.5 Å². The van der Waals surface area contributed by atoms with E-state index in [9.17, 15) is 9.59 Å². The van der Waals surface area contributed by atoms with Crippen molar-refractivity contribution in [1.82, 2.24) is 35.1 Å². The van der Waals surface area contributed by atoms with Crippen LogP contribution in [-0.4, -0.2) is 61.0 Å². The molecule has 1 aliphatic heterocycles. The van der Waals surface area contributed by atoms with Crippen molar-refractivity contribution in [3.05, 3.63) is 58.3 Å². The maximum atomic E-state index is 15.7. The molecule has 1 fully saturated rings. The minimum Gasteiger partial charge on any atom is -0.442 e. The van der Waals surface area contributed by atoms with Crippen molar-refractivity contribution in [1.29, 1.82) is 0 Å². The van der Waals surface area contributed by atoms with Gasteiger partial charge in [0.15, 0.2) is 0 Å². The fourth-order valence-electron chi connectivity index (χ4n) is 5.24. The molecule has 39 heavy (non-hydrogen) atoms. The standard InChI is InChI=1S/C27H29FN8O3/c1-14-8-21(32-34(14)3)24-19-7-5-6-16-10-17(11-20(28)23(16)25(19)31-30-24)36-13-18(39-27(36)38)12-29-26(37)22-9-15(2)35(4)33-22/h8-11,18H,5-7,12-13H2,1-4H3,(H,29,37)(H,30,31)/t18-/m0/s1. The van der Waals surface area contributed by atoms with Crippen LogP contribution in [0.5, 0.6) is 0 Å². The monoisotopic (exact) mass is 532 g/mol. The largest absolute Gasteiger partial charge is 0.442 e. The summed E-state index contributed by atoms with van der Waals surface area (Å²) in [6.07, 6.45) is 1.01. The number of hydrogen-bond acceptors (Lipinski definition) is 6. The second kappa shape index (κ2) is 9.37. The first-order valence-electron chi connectivity index (χ1n) is 12.9. The van der Waals surface area contributed by atoms with Crippen LogP contribution in [0, 0.1) is 19.7 Å². The number of fused-ring (bicyclic) bond motifs is 3. The summed E-state index contributed by atoms with van der Waals surface area (Å²) in [4.78, 5) is 26.6. The van der Waals surface area contributed by atoms with Gasteiger partial charge in [0.25, 0.3) is 5.91 Å². The fraction of sp³-hybridized carbons (Fsp3) is 0.370. The Balaban J connectivity index is 1.22. The van der Waals surface area contributed by atoms with Crippen molar-refractivity contribution in [2.24, 2.45) is 14.1 Å². The number of H-pyrrole nitrogens is 1. The van der Waals surface area contributed by atoms with Crippen molar-refractivity contribution in [3.8, 4) is 22.6 Å². The van der Waals surface area contributed by atoms with Crippen LogP contribution in [0.3, 0.4) is 0 Å². The predicted molar refractivity (Wildman–Crippen MR) is 141 cm³/mol. The number of ether oxygens (including phenoxy) is 1. The molecule has 4 aromatic rings. The molecule has 202 valence electrons. The summed E-state index contributed by atoms with van der Waals surface area (Å²) < 4.78 is 24.6. The minimum atomic E-state index is -0.579. The molecule has 0 saturated carbocycles. The number of amides is 2. The maximum Gasteiger partial charge on any atom is 0.414 e. The van der Waals surface area contributed by atoms with Crippen LogP contribution < -0.4 is 10.2 Å². The highest BCUT2D eigenvalue weighted by molar-refractivity contribution is 5.93. The first-order chi connectivity index (χ1) is 18.7. The smallest absolute Gasteiger partial charge is 0.414 e. The number of aryl methyl sites for hydroxylation is 5. The molecule has 1 atom stereocenters. The van der Waals surface area contributed by atoms with Crippen LogP contribution in [0.2, 0.25) is 0 Å². The van der Waals surface area contributed by atoms with Crippen molar-refractivity contribution in [3.63, 3.8) is 0 Å². The number of carbonyl (C=O) groups is 2. The van der Waals surface area contributed by atoms with Gasteiger partial charge in [0, 0.05) is 36.6 Å². The molecule has 3 aromatic heterocycles. The van der Waals surface area contributed by atoms with E-state index in [1.165, 1.54) is 11.0 Å². The van der Waals surface area contributed by atoms with Crippen LogP contribution in [0.15, 0.2) is 24.3 Å². The lowest BCUT2D eigenvalue weighted by Gasteiger charge is -2.17. The Kier molecular flexibility index (Phi) is 5.96. The summed E-state index contributed by atoms with van der Waals surface area (Å²) in [5.41, 5.74) is 6.93. The summed E-state index contributed by atoms with van der Waals surface area (Å²) in [6, 6.07) is 6.86. The lowest BCUT2D eigenvalue weighted by atomic mass is 9.99. The van der Waals surface area contributed by atoms with Crippen molar-refractivity contribution in [2.45, 2.75) is 39.2 Å². The fourth-order valence-corrected chi connectivity index (χ4v) is 5.24. The number of nitrogens with one attached hydrogen (secondary N) is 2. The number of cyclic esters (lactones) is 1. The second-order valence-electron chi connectivity index (χ2n) is 10.2. The van der Waals surface area contributed by atoms with Gasteiger partial charge in [-0.2, -0.15) is 15.3 Å². The van der Waals surface area contributed by atoms with Crippen LogP contribution in [0.4, 0.5) is 14.9 Å². The lowest BCUT2D eigenvalue weighted by molar-refractivity contribution is 0.0910. The topological polar surface area (TPSA) is 123 Å². The summed E-state index contributed by atoms with van der Waals surface area (Å²) in [7, 11) is 3.64. The van der Waals surface area contributed by atoms with Gasteiger partial charge in [0.1, 0.15) is 23.3 Å². The second-order valence-corrected chi connectivity index (χ2v) is 10.2. The molecule has 12 heteroatoms. The summed E-state index contributed by atoms with van der Waals surface area (Å²) in [5.74, 6) is -0.796.